The zero-order valence-corrected chi connectivity index (χ0v) is 11.9. The number of methoxy groups -OCH3 is 1. The standard InChI is InChI=1S/C15H23NO3/c1-4-13(11-19-3)16(2)10-9-12-7-5-6-8-14(12)15(17)18/h5-8,13H,4,9-11H2,1-3H3,(H,17,18). The van der Waals surface area contributed by atoms with Gasteiger partial charge in [-0.15, -0.1) is 0 Å². The highest BCUT2D eigenvalue weighted by Gasteiger charge is 2.14. The average Bonchev–Trinajstić information content (AvgIpc) is 2.42. The fourth-order valence-electron chi connectivity index (χ4n) is 2.18. The Balaban J connectivity index is 2.63. The minimum Gasteiger partial charge on any atom is -0.478 e. The topological polar surface area (TPSA) is 49.8 Å². The third-order valence-electron chi connectivity index (χ3n) is 3.44. The van der Waals surface area contributed by atoms with Crippen molar-refractivity contribution in [2.45, 2.75) is 25.8 Å². The predicted octanol–water partition coefficient (Wildman–Crippen LogP) is 2.28. The van der Waals surface area contributed by atoms with Gasteiger partial charge >= 0.3 is 5.97 Å². The normalized spacial score (nSPS) is 12.6. The Morgan fingerprint density at radius 2 is 2.11 bits per heavy atom. The molecular formula is C15H23NO3. The lowest BCUT2D eigenvalue weighted by Gasteiger charge is -2.26. The molecule has 4 nitrogen and oxygen atoms in total. The van der Waals surface area contributed by atoms with Crippen molar-refractivity contribution < 1.29 is 14.6 Å². The van der Waals surface area contributed by atoms with Gasteiger partial charge in [0.1, 0.15) is 0 Å². The molecule has 0 aliphatic rings. The van der Waals surface area contributed by atoms with Crippen LogP contribution in [0.5, 0.6) is 0 Å². The molecule has 0 aliphatic heterocycles. The van der Waals surface area contributed by atoms with E-state index in [1.54, 1.807) is 19.2 Å². The van der Waals surface area contributed by atoms with E-state index in [0.717, 1.165) is 24.9 Å². The van der Waals surface area contributed by atoms with E-state index in [2.05, 4.69) is 18.9 Å². The fraction of sp³-hybridized carbons (Fsp3) is 0.533. The fourth-order valence-corrected chi connectivity index (χ4v) is 2.18. The van der Waals surface area contributed by atoms with Crippen LogP contribution in [0.1, 0.15) is 29.3 Å². The molecule has 1 unspecified atom stereocenters. The summed E-state index contributed by atoms with van der Waals surface area (Å²) in [7, 11) is 3.76. The van der Waals surface area contributed by atoms with E-state index in [4.69, 9.17) is 9.84 Å². The first-order valence-electron chi connectivity index (χ1n) is 6.60. The third-order valence-corrected chi connectivity index (χ3v) is 3.44. The largest absolute Gasteiger partial charge is 0.478 e. The number of rotatable bonds is 8. The monoisotopic (exact) mass is 265 g/mol. The van der Waals surface area contributed by atoms with Gasteiger partial charge in [-0.1, -0.05) is 25.1 Å². The van der Waals surface area contributed by atoms with Gasteiger partial charge in [-0.3, -0.25) is 0 Å². The average molecular weight is 265 g/mol. The Kier molecular flexibility index (Phi) is 6.53. The SMILES string of the molecule is CCC(COC)N(C)CCc1ccccc1C(=O)O. The molecule has 1 rings (SSSR count). The summed E-state index contributed by atoms with van der Waals surface area (Å²) in [6.45, 7) is 3.66. The maximum absolute atomic E-state index is 11.1. The van der Waals surface area contributed by atoms with Crippen molar-refractivity contribution in [3.05, 3.63) is 35.4 Å². The number of benzene rings is 1. The smallest absolute Gasteiger partial charge is 0.335 e. The number of nitrogens with zero attached hydrogens (tertiary/aromatic N) is 1. The van der Waals surface area contributed by atoms with Crippen molar-refractivity contribution in [3.8, 4) is 0 Å². The highest BCUT2D eigenvalue weighted by molar-refractivity contribution is 5.89. The van der Waals surface area contributed by atoms with Crippen LogP contribution in [0, 0.1) is 0 Å². The van der Waals surface area contributed by atoms with Crippen molar-refractivity contribution >= 4 is 5.97 Å². The van der Waals surface area contributed by atoms with Crippen LogP contribution in [0.3, 0.4) is 0 Å². The molecule has 0 saturated heterocycles. The first-order chi connectivity index (χ1) is 9.10. The van der Waals surface area contributed by atoms with Crippen LogP contribution in [-0.4, -0.2) is 49.3 Å². The lowest BCUT2D eigenvalue weighted by molar-refractivity contribution is 0.0695. The molecule has 106 valence electrons. The van der Waals surface area contributed by atoms with E-state index < -0.39 is 5.97 Å². The Bertz CT molecular complexity index is 406. The molecule has 0 aliphatic carbocycles. The van der Waals surface area contributed by atoms with Gasteiger partial charge in [-0.25, -0.2) is 4.79 Å². The van der Waals surface area contributed by atoms with Crippen molar-refractivity contribution in [2.75, 3.05) is 27.3 Å². The van der Waals surface area contributed by atoms with Gasteiger partial charge in [0, 0.05) is 19.7 Å². The van der Waals surface area contributed by atoms with Gasteiger partial charge in [0.15, 0.2) is 0 Å². The van der Waals surface area contributed by atoms with Gasteiger partial charge in [0.05, 0.1) is 12.2 Å². The maximum atomic E-state index is 11.1. The van der Waals surface area contributed by atoms with E-state index in [0.29, 0.717) is 18.2 Å². The first-order valence-corrected chi connectivity index (χ1v) is 6.60. The summed E-state index contributed by atoms with van der Waals surface area (Å²) >= 11 is 0. The minimum absolute atomic E-state index is 0.377. The molecule has 0 saturated carbocycles. The first kappa shape index (κ1) is 15.7. The Labute approximate surface area is 115 Å². The van der Waals surface area contributed by atoms with Gasteiger partial charge in [-0.2, -0.15) is 0 Å². The summed E-state index contributed by atoms with van der Waals surface area (Å²) in [5.41, 5.74) is 1.28. The third kappa shape index (κ3) is 4.65. The molecule has 1 aromatic carbocycles. The van der Waals surface area contributed by atoms with Crippen LogP contribution in [0.25, 0.3) is 0 Å². The van der Waals surface area contributed by atoms with Crippen molar-refractivity contribution in [1.82, 2.24) is 4.90 Å². The van der Waals surface area contributed by atoms with E-state index in [1.165, 1.54) is 0 Å². The van der Waals surface area contributed by atoms with Gasteiger partial charge in [-0.05, 0) is 31.5 Å². The number of ether oxygens (including phenoxy) is 1. The number of hydrogen-bond acceptors (Lipinski definition) is 3. The number of hydrogen-bond donors (Lipinski definition) is 1. The summed E-state index contributed by atoms with van der Waals surface area (Å²) in [4.78, 5) is 13.3. The molecule has 0 amide bonds. The second-order valence-corrected chi connectivity index (χ2v) is 4.71. The summed E-state index contributed by atoms with van der Waals surface area (Å²) in [6.07, 6.45) is 1.75. The van der Waals surface area contributed by atoms with E-state index >= 15 is 0 Å². The zero-order valence-electron chi connectivity index (χ0n) is 11.9. The van der Waals surface area contributed by atoms with E-state index in [-0.39, 0.29) is 0 Å². The highest BCUT2D eigenvalue weighted by atomic mass is 16.5. The summed E-state index contributed by atoms with van der Waals surface area (Å²) in [5.74, 6) is -0.859. The molecule has 0 fully saturated rings. The summed E-state index contributed by atoms with van der Waals surface area (Å²) < 4.78 is 5.19. The minimum atomic E-state index is -0.859. The molecule has 19 heavy (non-hydrogen) atoms. The Hall–Kier alpha value is -1.39. The van der Waals surface area contributed by atoms with E-state index in [1.807, 2.05) is 12.1 Å². The highest BCUT2D eigenvalue weighted by Crippen LogP contribution is 2.11. The Morgan fingerprint density at radius 1 is 1.42 bits per heavy atom. The second-order valence-electron chi connectivity index (χ2n) is 4.71. The summed E-state index contributed by atoms with van der Waals surface area (Å²) in [6, 6.07) is 7.56. The second kappa shape index (κ2) is 7.92. The molecule has 0 radical (unpaired) electrons. The molecule has 1 aromatic rings. The lowest BCUT2D eigenvalue weighted by atomic mass is 10.0. The van der Waals surface area contributed by atoms with Gasteiger partial charge in [0.2, 0.25) is 0 Å². The molecule has 0 heterocycles. The number of carboxylic acid groups (broad SMARTS) is 1. The maximum Gasteiger partial charge on any atom is 0.335 e. The molecule has 1 atom stereocenters. The number of likely N-dealkylation sites (N-methyl/N-ethyl adjacent to an activating group) is 1. The quantitative estimate of drug-likeness (QED) is 0.783. The van der Waals surface area contributed by atoms with Crippen molar-refractivity contribution in [1.29, 1.82) is 0 Å². The molecule has 4 heteroatoms. The van der Waals surface area contributed by atoms with Crippen LogP contribution in [-0.2, 0) is 11.2 Å². The molecule has 1 N–H and O–H groups in total. The molecular weight excluding hydrogens is 242 g/mol. The van der Waals surface area contributed by atoms with Crippen LogP contribution < -0.4 is 0 Å². The van der Waals surface area contributed by atoms with Crippen molar-refractivity contribution in [3.63, 3.8) is 0 Å². The number of carbonyl (C=O) groups is 1. The van der Waals surface area contributed by atoms with Crippen LogP contribution in [0.4, 0.5) is 0 Å². The molecule has 0 aromatic heterocycles. The van der Waals surface area contributed by atoms with Crippen LogP contribution >= 0.6 is 0 Å². The predicted molar refractivity (Wildman–Crippen MR) is 75.7 cm³/mol. The zero-order chi connectivity index (χ0) is 14.3. The summed E-state index contributed by atoms with van der Waals surface area (Å²) in [5, 5.41) is 9.14. The number of carboxylic acids is 1. The molecule has 0 spiro atoms. The van der Waals surface area contributed by atoms with Crippen LogP contribution in [0.2, 0.25) is 0 Å². The van der Waals surface area contributed by atoms with Gasteiger partial charge < -0.3 is 14.7 Å². The molecule has 0 bridgehead atoms. The number of aromatic carboxylic acids is 1. The van der Waals surface area contributed by atoms with Crippen LogP contribution in [0.15, 0.2) is 24.3 Å². The van der Waals surface area contributed by atoms with Gasteiger partial charge in [0.25, 0.3) is 0 Å². The van der Waals surface area contributed by atoms with Crippen molar-refractivity contribution in [2.24, 2.45) is 0 Å². The Morgan fingerprint density at radius 3 is 2.68 bits per heavy atom. The lowest BCUT2D eigenvalue weighted by Crippen LogP contribution is -2.36. The van der Waals surface area contributed by atoms with E-state index in [9.17, 15) is 4.79 Å².